The van der Waals surface area contributed by atoms with Crippen molar-refractivity contribution in [1.82, 2.24) is 4.72 Å². The third kappa shape index (κ3) is 6.68. The summed E-state index contributed by atoms with van der Waals surface area (Å²) < 4.78 is 27.7. The van der Waals surface area contributed by atoms with Crippen LogP contribution in [0, 0.1) is 0 Å². The Morgan fingerprint density at radius 3 is 2.33 bits per heavy atom. The highest BCUT2D eigenvalue weighted by Crippen LogP contribution is 2.14. The molecule has 2 N–H and O–H groups in total. The third-order valence-electron chi connectivity index (χ3n) is 4.04. The van der Waals surface area contributed by atoms with Gasteiger partial charge in [-0.2, -0.15) is 16.5 Å². The topological polar surface area (TPSA) is 75.3 Å². The van der Waals surface area contributed by atoms with Crippen LogP contribution in [-0.4, -0.2) is 32.4 Å². The van der Waals surface area contributed by atoms with E-state index in [-0.39, 0.29) is 10.8 Å². The van der Waals surface area contributed by atoms with E-state index in [0.29, 0.717) is 17.9 Å². The summed E-state index contributed by atoms with van der Waals surface area (Å²) >= 11 is 1.57. The Morgan fingerprint density at radius 2 is 1.74 bits per heavy atom. The first-order chi connectivity index (χ1) is 13.0. The molecule has 1 atom stereocenters. The molecule has 0 spiro atoms. The summed E-state index contributed by atoms with van der Waals surface area (Å²) in [7, 11) is -3.76. The van der Waals surface area contributed by atoms with Crippen molar-refractivity contribution in [2.75, 3.05) is 17.3 Å². The molecule has 0 aromatic heterocycles. The van der Waals surface area contributed by atoms with Crippen LogP contribution in [0.4, 0.5) is 5.69 Å². The number of anilines is 1. The Hall–Kier alpha value is -1.83. The van der Waals surface area contributed by atoms with Gasteiger partial charge in [-0.25, -0.2) is 8.42 Å². The smallest absolute Gasteiger partial charge is 0.242 e. The average molecular weight is 407 g/mol. The molecule has 0 fully saturated rings. The van der Waals surface area contributed by atoms with Gasteiger partial charge in [-0.1, -0.05) is 43.7 Å². The van der Waals surface area contributed by atoms with Crippen LogP contribution in [0.5, 0.6) is 0 Å². The maximum absolute atomic E-state index is 12.7. The summed E-state index contributed by atoms with van der Waals surface area (Å²) in [5.41, 5.74) is 1.87. The van der Waals surface area contributed by atoms with Crippen molar-refractivity contribution in [3.8, 4) is 0 Å². The number of sulfonamides is 1. The van der Waals surface area contributed by atoms with Gasteiger partial charge in [0.1, 0.15) is 6.04 Å². The molecule has 2 aromatic rings. The van der Waals surface area contributed by atoms with E-state index in [4.69, 9.17) is 0 Å². The fraction of sp³-hybridized carbons (Fsp3) is 0.350. The lowest BCUT2D eigenvalue weighted by atomic mass is 10.1. The third-order valence-corrected chi connectivity index (χ3v) is 6.17. The van der Waals surface area contributed by atoms with E-state index < -0.39 is 16.1 Å². The quantitative estimate of drug-likeness (QED) is 0.631. The van der Waals surface area contributed by atoms with Gasteiger partial charge in [-0.3, -0.25) is 4.79 Å². The van der Waals surface area contributed by atoms with Crippen LogP contribution in [0.2, 0.25) is 0 Å². The number of carbonyl (C=O) groups is 1. The minimum Gasteiger partial charge on any atom is -0.325 e. The number of amides is 1. The van der Waals surface area contributed by atoms with Crippen LogP contribution in [0.25, 0.3) is 0 Å². The van der Waals surface area contributed by atoms with Crippen molar-refractivity contribution in [2.24, 2.45) is 0 Å². The summed E-state index contributed by atoms with van der Waals surface area (Å²) in [5.74, 6) is 0.317. The van der Waals surface area contributed by atoms with Gasteiger partial charge >= 0.3 is 0 Å². The number of thioether (sulfide) groups is 1. The molecular formula is C20H26N2O3S2. The Labute approximate surface area is 166 Å². The second-order valence-corrected chi connectivity index (χ2v) is 8.90. The number of rotatable bonds is 10. The second-order valence-electron chi connectivity index (χ2n) is 6.20. The predicted octanol–water partition coefficient (Wildman–Crippen LogP) is 3.68. The molecule has 0 radical (unpaired) electrons. The minimum atomic E-state index is -3.76. The van der Waals surface area contributed by atoms with E-state index in [1.54, 1.807) is 30.0 Å². The number of nitrogens with one attached hydrogen (secondary N) is 2. The van der Waals surface area contributed by atoms with Crippen LogP contribution in [0.1, 0.15) is 25.3 Å². The lowest BCUT2D eigenvalue weighted by Crippen LogP contribution is -2.44. The molecule has 7 heteroatoms. The van der Waals surface area contributed by atoms with Gasteiger partial charge in [-0.15, -0.1) is 0 Å². The van der Waals surface area contributed by atoms with Crippen molar-refractivity contribution in [2.45, 2.75) is 37.1 Å². The number of hydrogen-bond donors (Lipinski definition) is 2. The van der Waals surface area contributed by atoms with Gasteiger partial charge in [0.15, 0.2) is 0 Å². The van der Waals surface area contributed by atoms with Crippen molar-refractivity contribution in [3.63, 3.8) is 0 Å². The normalized spacial score (nSPS) is 12.5. The Kier molecular flexibility index (Phi) is 8.34. The maximum atomic E-state index is 12.7. The first-order valence-electron chi connectivity index (χ1n) is 8.92. The molecule has 27 heavy (non-hydrogen) atoms. The molecular weight excluding hydrogens is 380 g/mol. The maximum Gasteiger partial charge on any atom is 0.242 e. The van der Waals surface area contributed by atoms with Crippen LogP contribution in [0.3, 0.4) is 0 Å². The van der Waals surface area contributed by atoms with Crippen molar-refractivity contribution >= 4 is 33.4 Å². The molecule has 2 aromatic carbocycles. The zero-order valence-electron chi connectivity index (χ0n) is 15.6. The zero-order valence-corrected chi connectivity index (χ0v) is 17.3. The number of carbonyl (C=O) groups excluding carboxylic acids is 1. The van der Waals surface area contributed by atoms with E-state index in [0.717, 1.165) is 12.8 Å². The lowest BCUT2D eigenvalue weighted by Gasteiger charge is -2.18. The van der Waals surface area contributed by atoms with Crippen LogP contribution < -0.4 is 10.0 Å². The zero-order chi connectivity index (χ0) is 19.7. The molecule has 0 aliphatic carbocycles. The van der Waals surface area contributed by atoms with Gasteiger partial charge in [0.25, 0.3) is 0 Å². The molecule has 0 saturated heterocycles. The molecule has 0 aliphatic rings. The van der Waals surface area contributed by atoms with Crippen LogP contribution >= 0.6 is 11.8 Å². The van der Waals surface area contributed by atoms with E-state index >= 15 is 0 Å². The monoisotopic (exact) mass is 406 g/mol. The SMILES string of the molecule is CCCc1ccc(NC(=O)C(CCSC)NS(=O)(=O)c2ccccc2)cc1. The molecule has 0 bridgehead atoms. The fourth-order valence-electron chi connectivity index (χ4n) is 2.61. The van der Waals surface area contributed by atoms with Crippen LogP contribution in [0.15, 0.2) is 59.5 Å². The molecule has 2 rings (SSSR count). The standard InChI is InChI=1S/C20H26N2O3S2/c1-3-7-16-10-12-17(13-11-16)21-20(23)19(14-15-26-2)22-27(24,25)18-8-5-4-6-9-18/h4-6,8-13,19,22H,3,7,14-15H2,1-2H3,(H,21,23). The van der Waals surface area contributed by atoms with Gasteiger partial charge in [0.05, 0.1) is 4.90 Å². The van der Waals surface area contributed by atoms with E-state index in [1.807, 2.05) is 30.5 Å². The Morgan fingerprint density at radius 1 is 1.07 bits per heavy atom. The van der Waals surface area contributed by atoms with E-state index in [9.17, 15) is 13.2 Å². The first kappa shape index (κ1) is 21.5. The first-order valence-corrected chi connectivity index (χ1v) is 11.8. The molecule has 0 heterocycles. The highest BCUT2D eigenvalue weighted by molar-refractivity contribution is 7.98. The molecule has 146 valence electrons. The molecule has 1 unspecified atom stereocenters. The number of hydrogen-bond acceptors (Lipinski definition) is 4. The highest BCUT2D eigenvalue weighted by atomic mass is 32.2. The second kappa shape index (κ2) is 10.5. The molecule has 0 aliphatic heterocycles. The summed E-state index contributed by atoms with van der Waals surface area (Å²) in [6.45, 7) is 2.12. The van der Waals surface area contributed by atoms with Crippen molar-refractivity contribution in [3.05, 3.63) is 60.2 Å². The fourth-order valence-corrected chi connectivity index (χ4v) is 4.33. The summed E-state index contributed by atoms with van der Waals surface area (Å²) in [5, 5.41) is 2.82. The van der Waals surface area contributed by atoms with Crippen LogP contribution in [-0.2, 0) is 21.2 Å². The molecule has 1 amide bonds. The minimum absolute atomic E-state index is 0.149. The van der Waals surface area contributed by atoms with E-state index in [2.05, 4.69) is 17.0 Å². The lowest BCUT2D eigenvalue weighted by molar-refractivity contribution is -0.117. The largest absolute Gasteiger partial charge is 0.325 e. The molecule has 5 nitrogen and oxygen atoms in total. The average Bonchev–Trinajstić information content (AvgIpc) is 2.67. The van der Waals surface area contributed by atoms with Gasteiger partial charge in [0, 0.05) is 5.69 Å². The highest BCUT2D eigenvalue weighted by Gasteiger charge is 2.25. The number of benzene rings is 2. The van der Waals surface area contributed by atoms with Crippen molar-refractivity contribution in [1.29, 1.82) is 0 Å². The summed E-state index contributed by atoms with van der Waals surface area (Å²) in [4.78, 5) is 12.8. The van der Waals surface area contributed by atoms with Gasteiger partial charge in [-0.05, 0) is 54.7 Å². The van der Waals surface area contributed by atoms with E-state index in [1.165, 1.54) is 17.7 Å². The summed E-state index contributed by atoms with van der Waals surface area (Å²) in [6.07, 6.45) is 4.38. The Bertz CT molecular complexity index is 822. The summed E-state index contributed by atoms with van der Waals surface area (Å²) in [6, 6.07) is 14.9. The number of aryl methyl sites for hydroxylation is 1. The van der Waals surface area contributed by atoms with Crippen molar-refractivity contribution < 1.29 is 13.2 Å². The van der Waals surface area contributed by atoms with Gasteiger partial charge in [0.2, 0.25) is 15.9 Å². The predicted molar refractivity (Wildman–Crippen MR) is 113 cm³/mol. The van der Waals surface area contributed by atoms with Gasteiger partial charge < -0.3 is 5.32 Å². The Balaban J connectivity index is 2.11. The molecule has 0 saturated carbocycles.